The van der Waals surface area contributed by atoms with Crippen LogP contribution in [0, 0.1) is 11.3 Å². The highest BCUT2D eigenvalue weighted by atomic mass is 35.5. The minimum atomic E-state index is 0.383. The predicted octanol–water partition coefficient (Wildman–Crippen LogP) is 5.30. The number of nitrogens with zero attached hydrogens (tertiary/aromatic N) is 3. The van der Waals surface area contributed by atoms with E-state index in [0.717, 1.165) is 16.8 Å². The Kier molecular flexibility index (Phi) is 5.35. The molecule has 0 aliphatic rings. The molecule has 5 nitrogen and oxygen atoms in total. The van der Waals surface area contributed by atoms with Crippen LogP contribution in [0.5, 0.6) is 0 Å². The molecular formula is C20H17ClN4O. The summed E-state index contributed by atoms with van der Waals surface area (Å²) in [6, 6.07) is 15.2. The Morgan fingerprint density at radius 1 is 1.23 bits per heavy atom. The lowest BCUT2D eigenvalue weighted by Gasteiger charge is -2.14. The fourth-order valence-electron chi connectivity index (χ4n) is 2.59. The molecule has 0 aliphatic carbocycles. The van der Waals surface area contributed by atoms with Gasteiger partial charge in [-0.05, 0) is 43.2 Å². The number of allylic oxidation sites excluding steroid dienone is 1. The Balaban J connectivity index is 1.92. The molecule has 26 heavy (non-hydrogen) atoms. The van der Waals surface area contributed by atoms with Gasteiger partial charge in [-0.1, -0.05) is 42.8 Å². The van der Waals surface area contributed by atoms with Gasteiger partial charge in [0.25, 0.3) is 5.89 Å². The van der Waals surface area contributed by atoms with Gasteiger partial charge in [0.15, 0.2) is 0 Å². The summed E-state index contributed by atoms with van der Waals surface area (Å²) in [5.74, 6) is 0.837. The van der Waals surface area contributed by atoms with Gasteiger partial charge in [0, 0.05) is 11.3 Å². The van der Waals surface area contributed by atoms with Crippen molar-refractivity contribution in [1.82, 2.24) is 10.2 Å². The first-order valence-corrected chi connectivity index (χ1v) is 8.59. The van der Waals surface area contributed by atoms with E-state index in [0.29, 0.717) is 34.5 Å². The van der Waals surface area contributed by atoms with E-state index in [1.165, 1.54) is 0 Å². The minimum absolute atomic E-state index is 0.383. The van der Waals surface area contributed by atoms with Crippen molar-refractivity contribution < 1.29 is 4.42 Å². The molecule has 0 radical (unpaired) electrons. The molecule has 0 spiro atoms. The molecule has 6 heteroatoms. The standard InChI is InChI=1S/C20H17ClN4O/c1-3-15-17(11-10-14(12-22)18(15)21)23-16(4-2)20-25-24-19(26-20)13-8-6-5-7-9-13/h4-11,23H,3H2,1-2H3/b16-4-. The third-order valence-electron chi connectivity index (χ3n) is 3.95. The van der Waals surface area contributed by atoms with Gasteiger partial charge in [-0.3, -0.25) is 0 Å². The van der Waals surface area contributed by atoms with Crippen LogP contribution in [0.25, 0.3) is 17.2 Å². The summed E-state index contributed by atoms with van der Waals surface area (Å²) in [4.78, 5) is 0. The molecule has 0 saturated carbocycles. The fraction of sp³-hybridized carbons (Fsp3) is 0.150. The van der Waals surface area contributed by atoms with Crippen molar-refractivity contribution in [3.05, 3.63) is 70.6 Å². The van der Waals surface area contributed by atoms with Gasteiger partial charge in [0.05, 0.1) is 16.3 Å². The Morgan fingerprint density at radius 2 is 2.00 bits per heavy atom. The molecule has 0 atom stereocenters. The Bertz CT molecular complexity index is 987. The first kappa shape index (κ1) is 17.7. The number of anilines is 1. The molecule has 0 unspecified atom stereocenters. The van der Waals surface area contributed by atoms with Crippen LogP contribution < -0.4 is 5.32 Å². The summed E-state index contributed by atoms with van der Waals surface area (Å²) < 4.78 is 5.81. The zero-order valence-corrected chi connectivity index (χ0v) is 15.2. The van der Waals surface area contributed by atoms with Crippen molar-refractivity contribution in [3.63, 3.8) is 0 Å². The maximum absolute atomic E-state index is 9.15. The second kappa shape index (κ2) is 7.85. The van der Waals surface area contributed by atoms with Crippen molar-refractivity contribution >= 4 is 23.0 Å². The number of aromatic nitrogens is 2. The number of hydrogen-bond donors (Lipinski definition) is 1. The fourth-order valence-corrected chi connectivity index (χ4v) is 2.93. The molecule has 1 aromatic heterocycles. The highest BCUT2D eigenvalue weighted by molar-refractivity contribution is 6.33. The number of benzene rings is 2. The van der Waals surface area contributed by atoms with Gasteiger partial charge in [0.2, 0.25) is 5.89 Å². The molecule has 130 valence electrons. The van der Waals surface area contributed by atoms with Gasteiger partial charge in [-0.25, -0.2) is 0 Å². The highest BCUT2D eigenvalue weighted by Gasteiger charge is 2.15. The average Bonchev–Trinajstić information content (AvgIpc) is 3.17. The first-order valence-electron chi connectivity index (χ1n) is 8.22. The van der Waals surface area contributed by atoms with Gasteiger partial charge in [-0.15, -0.1) is 10.2 Å². The topological polar surface area (TPSA) is 74.7 Å². The second-order valence-corrected chi connectivity index (χ2v) is 5.90. The normalized spacial score (nSPS) is 11.2. The van der Waals surface area contributed by atoms with Gasteiger partial charge < -0.3 is 9.73 Å². The van der Waals surface area contributed by atoms with E-state index in [9.17, 15) is 0 Å². The van der Waals surface area contributed by atoms with Crippen molar-refractivity contribution in [3.8, 4) is 17.5 Å². The molecule has 0 saturated heterocycles. The number of hydrogen-bond acceptors (Lipinski definition) is 5. The molecule has 0 fully saturated rings. The van der Waals surface area contributed by atoms with Crippen molar-refractivity contribution in [1.29, 1.82) is 5.26 Å². The Morgan fingerprint density at radius 3 is 2.65 bits per heavy atom. The van der Waals surface area contributed by atoms with Crippen molar-refractivity contribution in [2.45, 2.75) is 20.3 Å². The monoisotopic (exact) mass is 364 g/mol. The zero-order chi connectivity index (χ0) is 18.5. The highest BCUT2D eigenvalue weighted by Crippen LogP contribution is 2.31. The van der Waals surface area contributed by atoms with Crippen LogP contribution in [0.3, 0.4) is 0 Å². The predicted molar refractivity (Wildman–Crippen MR) is 103 cm³/mol. The molecule has 1 heterocycles. The first-order chi connectivity index (χ1) is 12.7. The lowest BCUT2D eigenvalue weighted by atomic mass is 10.1. The number of nitrogens with one attached hydrogen (secondary N) is 1. The summed E-state index contributed by atoms with van der Waals surface area (Å²) >= 11 is 6.34. The summed E-state index contributed by atoms with van der Waals surface area (Å²) in [7, 11) is 0. The van der Waals surface area contributed by atoms with Crippen LogP contribution in [-0.4, -0.2) is 10.2 Å². The van der Waals surface area contributed by atoms with Gasteiger partial charge >= 0.3 is 0 Å². The average molecular weight is 365 g/mol. The number of halogens is 1. The summed E-state index contributed by atoms with van der Waals surface area (Å²) in [5.41, 5.74) is 3.67. The SMILES string of the molecule is C/C=C(\Nc1ccc(C#N)c(Cl)c1CC)c1nnc(-c2ccccc2)o1. The molecule has 2 aromatic carbocycles. The zero-order valence-electron chi connectivity index (χ0n) is 14.5. The summed E-state index contributed by atoms with van der Waals surface area (Å²) in [6.45, 7) is 3.87. The van der Waals surface area contributed by atoms with Crippen LogP contribution in [0.15, 0.2) is 53.0 Å². The van der Waals surface area contributed by atoms with Crippen LogP contribution in [-0.2, 0) is 6.42 Å². The van der Waals surface area contributed by atoms with E-state index >= 15 is 0 Å². The van der Waals surface area contributed by atoms with Crippen molar-refractivity contribution in [2.24, 2.45) is 0 Å². The quantitative estimate of drug-likeness (QED) is 0.665. The van der Waals surface area contributed by atoms with E-state index in [1.807, 2.05) is 56.3 Å². The molecule has 0 bridgehead atoms. The summed E-state index contributed by atoms with van der Waals surface area (Å²) in [6.07, 6.45) is 2.54. The molecule has 0 amide bonds. The lowest BCUT2D eigenvalue weighted by Crippen LogP contribution is -2.03. The van der Waals surface area contributed by atoms with E-state index in [4.69, 9.17) is 21.3 Å². The maximum Gasteiger partial charge on any atom is 0.264 e. The molecule has 1 N–H and O–H groups in total. The smallest absolute Gasteiger partial charge is 0.264 e. The summed E-state index contributed by atoms with van der Waals surface area (Å²) in [5, 5.41) is 21.2. The van der Waals surface area contributed by atoms with Crippen molar-refractivity contribution in [2.75, 3.05) is 5.32 Å². The third kappa shape index (κ3) is 3.46. The third-order valence-corrected chi connectivity index (χ3v) is 4.38. The van der Waals surface area contributed by atoms with Crippen LogP contribution in [0.1, 0.15) is 30.9 Å². The van der Waals surface area contributed by atoms with Crippen LogP contribution in [0.2, 0.25) is 5.02 Å². The lowest BCUT2D eigenvalue weighted by molar-refractivity contribution is 0.553. The maximum atomic E-state index is 9.15. The van der Waals surface area contributed by atoms with E-state index < -0.39 is 0 Å². The largest absolute Gasteiger partial charge is 0.415 e. The molecular weight excluding hydrogens is 348 g/mol. The van der Waals surface area contributed by atoms with Crippen LogP contribution >= 0.6 is 11.6 Å². The molecule has 3 aromatic rings. The van der Waals surface area contributed by atoms with Gasteiger partial charge in [-0.2, -0.15) is 5.26 Å². The van der Waals surface area contributed by atoms with E-state index in [2.05, 4.69) is 21.6 Å². The Labute approximate surface area is 156 Å². The molecule has 3 rings (SSSR count). The minimum Gasteiger partial charge on any atom is -0.415 e. The van der Waals surface area contributed by atoms with E-state index in [-0.39, 0.29) is 0 Å². The number of nitriles is 1. The van der Waals surface area contributed by atoms with Gasteiger partial charge in [0.1, 0.15) is 6.07 Å². The Hall–Kier alpha value is -3.10. The number of rotatable bonds is 5. The van der Waals surface area contributed by atoms with Crippen LogP contribution in [0.4, 0.5) is 5.69 Å². The second-order valence-electron chi connectivity index (χ2n) is 5.52. The van der Waals surface area contributed by atoms with E-state index in [1.54, 1.807) is 6.07 Å². The molecule has 0 aliphatic heterocycles.